The van der Waals surface area contributed by atoms with Crippen LogP contribution < -0.4 is 10.6 Å². The van der Waals surface area contributed by atoms with E-state index in [1.807, 2.05) is 12.1 Å². The number of benzene rings is 1. The lowest BCUT2D eigenvalue weighted by Crippen LogP contribution is -2.34. The van der Waals surface area contributed by atoms with Crippen molar-refractivity contribution in [3.63, 3.8) is 0 Å². The molecule has 2 N–H and O–H groups in total. The first-order valence-corrected chi connectivity index (χ1v) is 6.90. The molecule has 4 heteroatoms. The highest BCUT2D eigenvalue weighted by molar-refractivity contribution is 6.31. The SMILES string of the molecule is CN(CC1CCCCO1)c1cccc(Cl)c1CN. The van der Waals surface area contributed by atoms with Crippen LogP contribution in [0.15, 0.2) is 18.2 Å². The molecule has 0 saturated carbocycles. The van der Waals surface area contributed by atoms with Crippen LogP contribution in [0.5, 0.6) is 0 Å². The molecular formula is C14H21ClN2O. The van der Waals surface area contributed by atoms with E-state index in [1.165, 1.54) is 12.8 Å². The number of ether oxygens (including phenoxy) is 1. The summed E-state index contributed by atoms with van der Waals surface area (Å²) in [5.41, 5.74) is 7.90. The van der Waals surface area contributed by atoms with Gasteiger partial charge in [-0.2, -0.15) is 0 Å². The van der Waals surface area contributed by atoms with Crippen LogP contribution in [0.25, 0.3) is 0 Å². The topological polar surface area (TPSA) is 38.5 Å². The van der Waals surface area contributed by atoms with E-state index in [-0.39, 0.29) is 0 Å². The van der Waals surface area contributed by atoms with E-state index in [0.29, 0.717) is 12.6 Å². The smallest absolute Gasteiger partial charge is 0.0749 e. The quantitative estimate of drug-likeness (QED) is 0.913. The summed E-state index contributed by atoms with van der Waals surface area (Å²) in [5.74, 6) is 0. The predicted molar refractivity (Wildman–Crippen MR) is 76.2 cm³/mol. The van der Waals surface area contributed by atoms with Crippen LogP contribution in [0.4, 0.5) is 5.69 Å². The Kier molecular flexibility index (Phi) is 4.87. The van der Waals surface area contributed by atoms with Crippen molar-refractivity contribution in [3.8, 4) is 0 Å². The van der Waals surface area contributed by atoms with Gasteiger partial charge in [-0.1, -0.05) is 17.7 Å². The van der Waals surface area contributed by atoms with Gasteiger partial charge in [0.25, 0.3) is 0 Å². The highest BCUT2D eigenvalue weighted by Gasteiger charge is 2.17. The highest BCUT2D eigenvalue weighted by Crippen LogP contribution is 2.27. The predicted octanol–water partition coefficient (Wildman–Crippen LogP) is 2.80. The molecule has 0 radical (unpaired) electrons. The molecule has 100 valence electrons. The van der Waals surface area contributed by atoms with Crippen molar-refractivity contribution in [1.82, 2.24) is 0 Å². The van der Waals surface area contributed by atoms with Gasteiger partial charge in [-0.05, 0) is 31.4 Å². The molecule has 1 unspecified atom stereocenters. The average Bonchev–Trinajstić information content (AvgIpc) is 2.39. The van der Waals surface area contributed by atoms with Gasteiger partial charge in [0.2, 0.25) is 0 Å². The summed E-state index contributed by atoms with van der Waals surface area (Å²) < 4.78 is 5.77. The molecule has 1 aromatic carbocycles. The van der Waals surface area contributed by atoms with Gasteiger partial charge < -0.3 is 15.4 Å². The van der Waals surface area contributed by atoms with E-state index in [0.717, 1.165) is 35.8 Å². The molecule has 1 saturated heterocycles. The van der Waals surface area contributed by atoms with Gasteiger partial charge in [0.05, 0.1) is 6.10 Å². The molecule has 0 spiro atoms. The molecule has 1 heterocycles. The molecule has 0 aromatic heterocycles. The molecule has 0 aliphatic carbocycles. The second kappa shape index (κ2) is 6.41. The Morgan fingerprint density at radius 2 is 2.28 bits per heavy atom. The van der Waals surface area contributed by atoms with E-state index >= 15 is 0 Å². The maximum Gasteiger partial charge on any atom is 0.0749 e. The van der Waals surface area contributed by atoms with Crippen molar-refractivity contribution >= 4 is 17.3 Å². The maximum absolute atomic E-state index is 6.18. The Hall–Kier alpha value is -0.770. The Labute approximate surface area is 114 Å². The number of nitrogens with zero attached hydrogens (tertiary/aromatic N) is 1. The number of rotatable bonds is 4. The normalized spacial score (nSPS) is 19.8. The van der Waals surface area contributed by atoms with Crippen molar-refractivity contribution in [3.05, 3.63) is 28.8 Å². The summed E-state index contributed by atoms with van der Waals surface area (Å²) in [5, 5.41) is 0.742. The third-order valence-electron chi connectivity index (χ3n) is 3.46. The zero-order valence-corrected chi connectivity index (χ0v) is 11.6. The third-order valence-corrected chi connectivity index (χ3v) is 3.82. The lowest BCUT2D eigenvalue weighted by Gasteiger charge is -2.30. The molecular weight excluding hydrogens is 248 g/mol. The molecule has 1 fully saturated rings. The summed E-state index contributed by atoms with van der Waals surface area (Å²) in [4.78, 5) is 2.20. The number of nitrogens with two attached hydrogens (primary N) is 1. The van der Waals surface area contributed by atoms with Gasteiger partial charge in [0.15, 0.2) is 0 Å². The van der Waals surface area contributed by atoms with E-state index < -0.39 is 0 Å². The third kappa shape index (κ3) is 3.16. The largest absolute Gasteiger partial charge is 0.376 e. The summed E-state index contributed by atoms with van der Waals surface area (Å²) >= 11 is 6.18. The fraction of sp³-hybridized carbons (Fsp3) is 0.571. The summed E-state index contributed by atoms with van der Waals surface area (Å²) in [7, 11) is 2.07. The van der Waals surface area contributed by atoms with Gasteiger partial charge in [0, 0.05) is 43.0 Å². The van der Waals surface area contributed by atoms with Gasteiger partial charge in [0.1, 0.15) is 0 Å². The fourth-order valence-corrected chi connectivity index (χ4v) is 2.71. The Bertz CT molecular complexity index is 391. The first kappa shape index (κ1) is 13.7. The van der Waals surface area contributed by atoms with Gasteiger partial charge >= 0.3 is 0 Å². The average molecular weight is 269 g/mol. The summed E-state index contributed by atoms with van der Waals surface area (Å²) in [6.45, 7) is 2.25. The van der Waals surface area contributed by atoms with Gasteiger partial charge in [-0.3, -0.25) is 0 Å². The van der Waals surface area contributed by atoms with Crippen LogP contribution in [0.3, 0.4) is 0 Å². The van der Waals surface area contributed by atoms with Gasteiger partial charge in [-0.15, -0.1) is 0 Å². The van der Waals surface area contributed by atoms with Crippen molar-refractivity contribution in [2.75, 3.05) is 25.1 Å². The number of hydrogen-bond acceptors (Lipinski definition) is 3. The van der Waals surface area contributed by atoms with E-state index in [9.17, 15) is 0 Å². The molecule has 2 rings (SSSR count). The standard InChI is InChI=1S/C14H21ClN2O/c1-17(10-11-5-2-3-8-18-11)14-7-4-6-13(15)12(14)9-16/h4,6-7,11H,2-3,5,8-10,16H2,1H3. The van der Waals surface area contributed by atoms with Crippen LogP contribution in [-0.4, -0.2) is 26.3 Å². The molecule has 18 heavy (non-hydrogen) atoms. The van der Waals surface area contributed by atoms with Crippen molar-refractivity contribution in [2.45, 2.75) is 31.9 Å². The first-order valence-electron chi connectivity index (χ1n) is 6.52. The first-order chi connectivity index (χ1) is 8.72. The highest BCUT2D eigenvalue weighted by atomic mass is 35.5. The van der Waals surface area contributed by atoms with Crippen LogP contribution in [0.1, 0.15) is 24.8 Å². The minimum Gasteiger partial charge on any atom is -0.376 e. The molecule has 0 amide bonds. The van der Waals surface area contributed by atoms with E-state index in [4.69, 9.17) is 22.1 Å². The van der Waals surface area contributed by atoms with Crippen LogP contribution in [0, 0.1) is 0 Å². The van der Waals surface area contributed by atoms with E-state index in [2.05, 4.69) is 18.0 Å². The summed E-state index contributed by atoms with van der Waals surface area (Å²) in [6.07, 6.45) is 3.92. The van der Waals surface area contributed by atoms with Crippen molar-refractivity contribution < 1.29 is 4.74 Å². The maximum atomic E-state index is 6.18. The lowest BCUT2D eigenvalue weighted by molar-refractivity contribution is 0.0216. The molecule has 1 aliphatic heterocycles. The number of halogens is 1. The van der Waals surface area contributed by atoms with Gasteiger partial charge in [-0.25, -0.2) is 0 Å². The molecule has 0 bridgehead atoms. The Morgan fingerprint density at radius 1 is 1.44 bits per heavy atom. The molecule has 3 nitrogen and oxygen atoms in total. The minimum absolute atomic E-state index is 0.327. The van der Waals surface area contributed by atoms with Crippen LogP contribution in [0.2, 0.25) is 5.02 Å². The fourth-order valence-electron chi connectivity index (χ4n) is 2.46. The second-order valence-corrected chi connectivity index (χ2v) is 5.22. The minimum atomic E-state index is 0.327. The van der Waals surface area contributed by atoms with Crippen molar-refractivity contribution in [2.24, 2.45) is 5.73 Å². The molecule has 1 aromatic rings. The lowest BCUT2D eigenvalue weighted by atomic mass is 10.1. The zero-order valence-electron chi connectivity index (χ0n) is 10.9. The second-order valence-electron chi connectivity index (χ2n) is 4.81. The molecule has 1 aliphatic rings. The number of anilines is 1. The number of hydrogen-bond donors (Lipinski definition) is 1. The number of likely N-dealkylation sites (N-methyl/N-ethyl adjacent to an activating group) is 1. The summed E-state index contributed by atoms with van der Waals surface area (Å²) in [6, 6.07) is 5.92. The Morgan fingerprint density at radius 3 is 2.94 bits per heavy atom. The zero-order chi connectivity index (χ0) is 13.0. The van der Waals surface area contributed by atoms with Crippen LogP contribution >= 0.6 is 11.6 Å². The molecule has 1 atom stereocenters. The Balaban J connectivity index is 2.07. The van der Waals surface area contributed by atoms with Crippen molar-refractivity contribution in [1.29, 1.82) is 0 Å². The monoisotopic (exact) mass is 268 g/mol. The van der Waals surface area contributed by atoms with Crippen LogP contribution in [-0.2, 0) is 11.3 Å². The van der Waals surface area contributed by atoms with E-state index in [1.54, 1.807) is 0 Å².